The molecule has 18 heavy (non-hydrogen) atoms. The first-order valence-corrected chi connectivity index (χ1v) is 6.53. The highest BCUT2D eigenvalue weighted by Crippen LogP contribution is 2.10. The summed E-state index contributed by atoms with van der Waals surface area (Å²) in [5.41, 5.74) is 5.29. The molecule has 1 aromatic carbocycles. The molecule has 0 saturated heterocycles. The van der Waals surface area contributed by atoms with E-state index in [1.807, 2.05) is 24.3 Å². The minimum atomic E-state index is -0.568. The second-order valence-corrected chi connectivity index (χ2v) is 5.91. The lowest BCUT2D eigenvalue weighted by Crippen LogP contribution is -2.43. The molecule has 0 aliphatic rings. The minimum absolute atomic E-state index is 0.424. The van der Waals surface area contributed by atoms with Crippen LogP contribution in [0.4, 0.5) is 4.79 Å². The van der Waals surface area contributed by atoms with Crippen molar-refractivity contribution in [3.05, 3.63) is 34.3 Å². The van der Waals surface area contributed by atoms with Gasteiger partial charge in [-0.05, 0) is 32.9 Å². The molecule has 0 fully saturated rings. The molecule has 0 saturated carbocycles. The fraction of sp³-hybridized carbons (Fsp3) is 0.333. The van der Waals surface area contributed by atoms with Gasteiger partial charge < -0.3 is 4.74 Å². The van der Waals surface area contributed by atoms with E-state index in [4.69, 9.17) is 17.0 Å². The summed E-state index contributed by atoms with van der Waals surface area (Å²) in [6.45, 7) is 5.37. The molecule has 1 aromatic rings. The van der Waals surface area contributed by atoms with Gasteiger partial charge in [0.15, 0.2) is 0 Å². The number of rotatable bonds is 1. The van der Waals surface area contributed by atoms with Gasteiger partial charge in [0.2, 0.25) is 0 Å². The van der Waals surface area contributed by atoms with Crippen molar-refractivity contribution in [1.29, 1.82) is 0 Å². The summed E-state index contributed by atoms with van der Waals surface area (Å²) >= 11 is 8.46. The van der Waals surface area contributed by atoms with E-state index < -0.39 is 11.7 Å². The third-order valence-electron chi connectivity index (χ3n) is 1.78. The molecule has 0 radical (unpaired) electrons. The van der Waals surface area contributed by atoms with Crippen molar-refractivity contribution in [2.75, 3.05) is 0 Å². The zero-order valence-electron chi connectivity index (χ0n) is 10.4. The number of carbonyl (C=O) groups excluding carboxylic acids is 1. The number of ether oxygens (including phenoxy) is 1. The minimum Gasteiger partial charge on any atom is -0.443 e. The van der Waals surface area contributed by atoms with Gasteiger partial charge in [0.05, 0.1) is 0 Å². The quantitative estimate of drug-likeness (QED) is 0.613. The van der Waals surface area contributed by atoms with E-state index in [-0.39, 0.29) is 0 Å². The Labute approximate surface area is 120 Å². The summed E-state index contributed by atoms with van der Waals surface area (Å²) in [5.74, 6) is 0. The van der Waals surface area contributed by atoms with Crippen LogP contribution < -0.4 is 10.9 Å². The Morgan fingerprint density at radius 1 is 1.22 bits per heavy atom. The Morgan fingerprint density at radius 3 is 2.28 bits per heavy atom. The lowest BCUT2D eigenvalue weighted by molar-refractivity contribution is 0.0513. The Kier molecular flexibility index (Phi) is 5.10. The van der Waals surface area contributed by atoms with E-state index in [0.29, 0.717) is 4.99 Å². The summed E-state index contributed by atoms with van der Waals surface area (Å²) in [6.07, 6.45) is -0.568. The van der Waals surface area contributed by atoms with Crippen LogP contribution in [0.25, 0.3) is 0 Å². The predicted molar refractivity (Wildman–Crippen MR) is 78.3 cm³/mol. The molecular formula is C12H15BrN2O2S. The van der Waals surface area contributed by atoms with Gasteiger partial charge >= 0.3 is 6.09 Å². The van der Waals surface area contributed by atoms with Gasteiger partial charge in [0.25, 0.3) is 0 Å². The van der Waals surface area contributed by atoms with Crippen LogP contribution in [0, 0.1) is 0 Å². The molecule has 0 atom stereocenters. The topological polar surface area (TPSA) is 50.4 Å². The Morgan fingerprint density at radius 2 is 1.78 bits per heavy atom. The highest BCUT2D eigenvalue weighted by atomic mass is 79.9. The van der Waals surface area contributed by atoms with Gasteiger partial charge in [-0.1, -0.05) is 40.3 Å². The highest BCUT2D eigenvalue weighted by Gasteiger charge is 2.16. The lowest BCUT2D eigenvalue weighted by atomic mass is 10.2. The smallest absolute Gasteiger partial charge is 0.426 e. The van der Waals surface area contributed by atoms with Crippen molar-refractivity contribution >= 4 is 39.2 Å². The van der Waals surface area contributed by atoms with Gasteiger partial charge in [0.1, 0.15) is 10.6 Å². The van der Waals surface area contributed by atoms with E-state index in [1.165, 1.54) is 0 Å². The molecule has 0 aliphatic carbocycles. The molecule has 0 heterocycles. The predicted octanol–water partition coefficient (Wildman–Crippen LogP) is 3.15. The van der Waals surface area contributed by atoms with Gasteiger partial charge in [-0.15, -0.1) is 0 Å². The highest BCUT2D eigenvalue weighted by molar-refractivity contribution is 9.10. The molecule has 2 N–H and O–H groups in total. The summed E-state index contributed by atoms with van der Waals surface area (Å²) in [6, 6.07) is 7.43. The number of benzene rings is 1. The zero-order chi connectivity index (χ0) is 13.8. The van der Waals surface area contributed by atoms with Crippen LogP contribution in [0.15, 0.2) is 28.7 Å². The van der Waals surface area contributed by atoms with Crippen LogP contribution in [0.2, 0.25) is 0 Å². The summed E-state index contributed by atoms with van der Waals surface area (Å²) in [7, 11) is 0. The van der Waals surface area contributed by atoms with Crippen molar-refractivity contribution in [3.63, 3.8) is 0 Å². The second-order valence-electron chi connectivity index (χ2n) is 4.59. The molecule has 4 nitrogen and oxygen atoms in total. The van der Waals surface area contributed by atoms with E-state index in [9.17, 15) is 4.79 Å². The number of nitrogens with one attached hydrogen (secondary N) is 2. The van der Waals surface area contributed by atoms with E-state index in [2.05, 4.69) is 26.8 Å². The summed E-state index contributed by atoms with van der Waals surface area (Å²) in [4.78, 5) is 11.8. The maximum absolute atomic E-state index is 11.4. The molecule has 6 heteroatoms. The molecule has 0 spiro atoms. The lowest BCUT2D eigenvalue weighted by Gasteiger charge is -2.20. The first-order chi connectivity index (χ1) is 8.28. The van der Waals surface area contributed by atoms with Crippen LogP contribution in [-0.2, 0) is 4.74 Å². The van der Waals surface area contributed by atoms with Crippen molar-refractivity contribution in [2.24, 2.45) is 0 Å². The molecule has 0 aromatic heterocycles. The van der Waals surface area contributed by atoms with Gasteiger partial charge in [0, 0.05) is 10.0 Å². The summed E-state index contributed by atoms with van der Waals surface area (Å²) in [5, 5.41) is 0. The number of amides is 1. The van der Waals surface area contributed by atoms with Gasteiger partial charge in [-0.25, -0.2) is 10.2 Å². The monoisotopic (exact) mass is 330 g/mol. The maximum atomic E-state index is 11.4. The van der Waals surface area contributed by atoms with E-state index in [1.54, 1.807) is 20.8 Å². The molecule has 1 rings (SSSR count). The fourth-order valence-corrected chi connectivity index (χ4v) is 1.54. The Bertz CT molecular complexity index is 440. The van der Waals surface area contributed by atoms with Crippen LogP contribution in [-0.4, -0.2) is 16.7 Å². The van der Waals surface area contributed by atoms with Crippen molar-refractivity contribution in [1.82, 2.24) is 10.9 Å². The molecule has 0 bridgehead atoms. The van der Waals surface area contributed by atoms with E-state index >= 15 is 0 Å². The SMILES string of the molecule is CC(C)(C)OC(=O)NNC(=S)c1ccc(Br)cc1. The molecule has 1 amide bonds. The first kappa shape index (κ1) is 14.9. The van der Waals surface area contributed by atoms with Crippen molar-refractivity contribution in [2.45, 2.75) is 26.4 Å². The summed E-state index contributed by atoms with van der Waals surface area (Å²) < 4.78 is 6.03. The third-order valence-corrected chi connectivity index (χ3v) is 2.65. The normalized spacial score (nSPS) is 10.7. The number of hydrogen-bond acceptors (Lipinski definition) is 3. The Balaban J connectivity index is 2.47. The van der Waals surface area contributed by atoms with Crippen molar-refractivity contribution in [3.8, 4) is 0 Å². The van der Waals surface area contributed by atoms with E-state index in [0.717, 1.165) is 10.0 Å². The number of carbonyl (C=O) groups is 1. The molecule has 0 aliphatic heterocycles. The number of hydrogen-bond donors (Lipinski definition) is 2. The average Bonchev–Trinajstić information content (AvgIpc) is 2.24. The second kappa shape index (κ2) is 6.15. The van der Waals surface area contributed by atoms with Crippen molar-refractivity contribution < 1.29 is 9.53 Å². The first-order valence-electron chi connectivity index (χ1n) is 5.33. The number of thiocarbonyl (C=S) groups is 1. The van der Waals surface area contributed by atoms with Gasteiger partial charge in [-0.2, -0.15) is 0 Å². The van der Waals surface area contributed by atoms with Crippen LogP contribution in [0.1, 0.15) is 26.3 Å². The molecular weight excluding hydrogens is 316 g/mol. The number of halogens is 1. The standard InChI is InChI=1S/C12H15BrN2O2S/c1-12(2,3)17-11(16)15-14-10(18)8-4-6-9(13)7-5-8/h4-7H,1-3H3,(H,14,18)(H,15,16). The zero-order valence-corrected chi connectivity index (χ0v) is 12.8. The van der Waals surface area contributed by atoms with Crippen LogP contribution in [0.3, 0.4) is 0 Å². The number of hydrazine groups is 1. The third kappa shape index (κ3) is 5.46. The fourth-order valence-electron chi connectivity index (χ4n) is 1.08. The Hall–Kier alpha value is -1.14. The van der Waals surface area contributed by atoms with Crippen LogP contribution >= 0.6 is 28.1 Å². The largest absolute Gasteiger partial charge is 0.443 e. The molecule has 0 unspecified atom stereocenters. The van der Waals surface area contributed by atoms with Crippen LogP contribution in [0.5, 0.6) is 0 Å². The van der Waals surface area contributed by atoms with Gasteiger partial charge in [-0.3, -0.25) is 5.43 Å². The maximum Gasteiger partial charge on any atom is 0.426 e. The molecule has 98 valence electrons. The average molecular weight is 331 g/mol.